The topological polar surface area (TPSA) is 40.5 Å². The molecule has 1 aliphatic carbocycles. The molecular weight excluding hydrogens is 336 g/mol. The molecule has 26 heavy (non-hydrogen) atoms. The number of aliphatic hydroxyl groups excluding tert-OH is 1. The van der Waals surface area contributed by atoms with E-state index in [0.717, 1.165) is 5.56 Å². The molecule has 0 radical (unpaired) electrons. The smallest absolute Gasteiger partial charge is 0.226 e. The molecule has 1 saturated carbocycles. The van der Waals surface area contributed by atoms with Crippen LogP contribution in [0, 0.1) is 17.6 Å². The van der Waals surface area contributed by atoms with Gasteiger partial charge >= 0.3 is 0 Å². The van der Waals surface area contributed by atoms with Crippen LogP contribution in [-0.4, -0.2) is 35.1 Å². The first-order valence-corrected chi connectivity index (χ1v) is 9.06. The molecule has 1 N–H and O–H groups in total. The third-order valence-corrected chi connectivity index (χ3v) is 5.48. The Morgan fingerprint density at radius 3 is 2.35 bits per heavy atom. The molecule has 136 valence electrons. The van der Waals surface area contributed by atoms with Crippen LogP contribution in [0.3, 0.4) is 0 Å². The lowest BCUT2D eigenvalue weighted by Crippen LogP contribution is -2.41. The molecule has 0 spiro atoms. The monoisotopic (exact) mass is 357 g/mol. The molecule has 5 heteroatoms. The fourth-order valence-electron chi connectivity index (χ4n) is 3.94. The SMILES string of the molecule is O=C([C@@H]1C[C@H]1c1ccccc1-c1c(F)cccc1F)N1CCC(O)CC1. The van der Waals surface area contributed by atoms with E-state index in [-0.39, 0.29) is 29.4 Å². The Bertz CT molecular complexity index is 810. The molecule has 2 fully saturated rings. The van der Waals surface area contributed by atoms with Crippen molar-refractivity contribution in [3.05, 3.63) is 59.7 Å². The highest BCUT2D eigenvalue weighted by atomic mass is 19.1. The minimum atomic E-state index is -0.592. The Kier molecular flexibility index (Phi) is 4.49. The van der Waals surface area contributed by atoms with Gasteiger partial charge in [0.05, 0.1) is 11.7 Å². The number of rotatable bonds is 3. The van der Waals surface area contributed by atoms with Crippen molar-refractivity contribution in [3.8, 4) is 11.1 Å². The third kappa shape index (κ3) is 3.12. The van der Waals surface area contributed by atoms with E-state index in [9.17, 15) is 18.7 Å². The van der Waals surface area contributed by atoms with Crippen LogP contribution in [0.15, 0.2) is 42.5 Å². The predicted molar refractivity (Wildman–Crippen MR) is 94.5 cm³/mol. The number of aliphatic hydroxyl groups is 1. The normalized spacial score (nSPS) is 23.1. The number of likely N-dealkylation sites (tertiary alicyclic amines) is 1. The third-order valence-electron chi connectivity index (χ3n) is 5.48. The van der Waals surface area contributed by atoms with Gasteiger partial charge in [-0.15, -0.1) is 0 Å². The number of carbonyl (C=O) groups excluding carboxylic acids is 1. The van der Waals surface area contributed by atoms with Crippen LogP contribution in [0.4, 0.5) is 8.78 Å². The van der Waals surface area contributed by atoms with E-state index in [1.54, 1.807) is 12.1 Å². The number of hydrogen-bond donors (Lipinski definition) is 1. The van der Waals surface area contributed by atoms with Crippen molar-refractivity contribution in [3.63, 3.8) is 0 Å². The minimum absolute atomic E-state index is 0.00967. The summed E-state index contributed by atoms with van der Waals surface area (Å²) in [5.74, 6) is -1.24. The van der Waals surface area contributed by atoms with Crippen molar-refractivity contribution in [1.29, 1.82) is 0 Å². The van der Waals surface area contributed by atoms with Crippen LogP contribution in [-0.2, 0) is 4.79 Å². The summed E-state index contributed by atoms with van der Waals surface area (Å²) in [5.41, 5.74) is 1.33. The van der Waals surface area contributed by atoms with Gasteiger partial charge in [0.25, 0.3) is 0 Å². The number of halogens is 2. The zero-order chi connectivity index (χ0) is 18.3. The van der Waals surface area contributed by atoms with E-state index in [4.69, 9.17) is 0 Å². The van der Waals surface area contributed by atoms with Crippen LogP contribution < -0.4 is 0 Å². The molecule has 1 amide bonds. The lowest BCUT2D eigenvalue weighted by Gasteiger charge is -2.29. The Hall–Kier alpha value is -2.27. The predicted octanol–water partition coefficient (Wildman–Crippen LogP) is 3.72. The Morgan fingerprint density at radius 2 is 1.65 bits per heavy atom. The molecule has 2 aromatic carbocycles. The standard InChI is InChI=1S/C21H21F2NO2/c22-18-6-3-7-19(23)20(18)15-5-2-1-4-14(15)16-12-17(16)21(26)24-10-8-13(25)9-11-24/h1-7,13,16-17,25H,8-12H2/t16-,17+/m0/s1. The molecular formula is C21H21F2NO2. The number of amides is 1. The number of benzene rings is 2. The first kappa shape index (κ1) is 17.2. The quantitative estimate of drug-likeness (QED) is 0.910. The van der Waals surface area contributed by atoms with Crippen LogP contribution in [0.1, 0.15) is 30.7 Å². The summed E-state index contributed by atoms with van der Waals surface area (Å²) in [6.45, 7) is 1.15. The Balaban J connectivity index is 1.58. The number of carbonyl (C=O) groups is 1. The molecule has 4 rings (SSSR count). The van der Waals surface area contributed by atoms with Crippen molar-refractivity contribution >= 4 is 5.91 Å². The van der Waals surface area contributed by atoms with Crippen molar-refractivity contribution in [2.75, 3.05) is 13.1 Å². The van der Waals surface area contributed by atoms with E-state index in [1.165, 1.54) is 18.2 Å². The fraction of sp³-hybridized carbons (Fsp3) is 0.381. The molecule has 1 heterocycles. The lowest BCUT2D eigenvalue weighted by atomic mass is 9.95. The van der Waals surface area contributed by atoms with Gasteiger partial charge in [-0.3, -0.25) is 4.79 Å². The van der Waals surface area contributed by atoms with Gasteiger partial charge in [0.2, 0.25) is 5.91 Å². The highest BCUT2D eigenvalue weighted by Crippen LogP contribution is 2.51. The molecule has 1 saturated heterocycles. The summed E-state index contributed by atoms with van der Waals surface area (Å²) in [5, 5.41) is 9.60. The molecule has 0 bridgehead atoms. The highest BCUT2D eigenvalue weighted by molar-refractivity contribution is 5.84. The molecule has 0 unspecified atom stereocenters. The maximum Gasteiger partial charge on any atom is 0.226 e. The lowest BCUT2D eigenvalue weighted by molar-refractivity contribution is -0.134. The number of hydrogen-bond acceptors (Lipinski definition) is 2. The average molecular weight is 357 g/mol. The maximum absolute atomic E-state index is 14.2. The van der Waals surface area contributed by atoms with Crippen LogP contribution in [0.2, 0.25) is 0 Å². The number of nitrogens with zero attached hydrogens (tertiary/aromatic N) is 1. The zero-order valence-electron chi connectivity index (χ0n) is 14.4. The van der Waals surface area contributed by atoms with Crippen LogP contribution in [0.25, 0.3) is 11.1 Å². The van der Waals surface area contributed by atoms with Gasteiger partial charge in [0.1, 0.15) is 11.6 Å². The summed E-state index contributed by atoms with van der Waals surface area (Å²) in [4.78, 5) is 14.5. The van der Waals surface area contributed by atoms with Gasteiger partial charge in [0.15, 0.2) is 0 Å². The second-order valence-electron chi connectivity index (χ2n) is 7.19. The molecule has 2 aliphatic rings. The summed E-state index contributed by atoms with van der Waals surface area (Å²) in [6.07, 6.45) is 1.60. The second kappa shape index (κ2) is 6.80. The summed E-state index contributed by atoms with van der Waals surface area (Å²) in [7, 11) is 0. The number of piperidine rings is 1. The van der Waals surface area contributed by atoms with E-state index in [2.05, 4.69) is 0 Å². The molecule has 0 aromatic heterocycles. The maximum atomic E-state index is 14.2. The molecule has 2 atom stereocenters. The highest BCUT2D eigenvalue weighted by Gasteiger charge is 2.47. The molecule has 1 aliphatic heterocycles. The van der Waals surface area contributed by atoms with E-state index in [0.29, 0.717) is 37.9 Å². The van der Waals surface area contributed by atoms with Gasteiger partial charge in [0, 0.05) is 19.0 Å². The Labute approximate surface area is 151 Å². The van der Waals surface area contributed by atoms with Gasteiger partial charge in [-0.1, -0.05) is 30.3 Å². The van der Waals surface area contributed by atoms with Crippen molar-refractivity contribution in [1.82, 2.24) is 4.90 Å². The van der Waals surface area contributed by atoms with Crippen molar-refractivity contribution in [2.45, 2.75) is 31.3 Å². The van der Waals surface area contributed by atoms with Crippen molar-refractivity contribution < 1.29 is 18.7 Å². The first-order chi connectivity index (χ1) is 12.6. The Morgan fingerprint density at radius 1 is 1.00 bits per heavy atom. The first-order valence-electron chi connectivity index (χ1n) is 9.06. The largest absolute Gasteiger partial charge is 0.393 e. The van der Waals surface area contributed by atoms with E-state index < -0.39 is 11.6 Å². The fourth-order valence-corrected chi connectivity index (χ4v) is 3.94. The van der Waals surface area contributed by atoms with Crippen LogP contribution in [0.5, 0.6) is 0 Å². The van der Waals surface area contributed by atoms with Gasteiger partial charge in [-0.2, -0.15) is 0 Å². The molecule has 2 aromatic rings. The molecule has 3 nitrogen and oxygen atoms in total. The second-order valence-corrected chi connectivity index (χ2v) is 7.19. The zero-order valence-corrected chi connectivity index (χ0v) is 14.4. The van der Waals surface area contributed by atoms with E-state index >= 15 is 0 Å². The van der Waals surface area contributed by atoms with Gasteiger partial charge in [-0.05, 0) is 48.4 Å². The van der Waals surface area contributed by atoms with Crippen LogP contribution >= 0.6 is 0 Å². The van der Waals surface area contributed by atoms with E-state index in [1.807, 2.05) is 17.0 Å². The van der Waals surface area contributed by atoms with Crippen molar-refractivity contribution in [2.24, 2.45) is 5.92 Å². The summed E-state index contributed by atoms with van der Waals surface area (Å²) >= 11 is 0. The summed E-state index contributed by atoms with van der Waals surface area (Å²) < 4.78 is 28.5. The minimum Gasteiger partial charge on any atom is -0.393 e. The van der Waals surface area contributed by atoms with Gasteiger partial charge < -0.3 is 10.0 Å². The summed E-state index contributed by atoms with van der Waals surface area (Å²) in [6, 6.07) is 11.0. The van der Waals surface area contributed by atoms with Gasteiger partial charge in [-0.25, -0.2) is 8.78 Å². The average Bonchev–Trinajstić information content (AvgIpc) is 3.43.